The van der Waals surface area contributed by atoms with Gasteiger partial charge in [-0.3, -0.25) is 4.79 Å². The van der Waals surface area contributed by atoms with E-state index in [1.54, 1.807) is 13.8 Å². The van der Waals surface area contributed by atoms with Crippen LogP contribution in [0.1, 0.15) is 30.5 Å². The molecule has 2 rings (SSSR count). The maximum absolute atomic E-state index is 11.5. The molecule has 1 aromatic rings. The van der Waals surface area contributed by atoms with Gasteiger partial charge >= 0.3 is 0 Å². The first-order chi connectivity index (χ1) is 8.37. The largest absolute Gasteiger partial charge is 0.562 e. The Bertz CT molecular complexity index is 541. The molecule has 1 heterocycles. The fraction of sp³-hybridized carbons (Fsp3) is 0.357. The first-order valence-corrected chi connectivity index (χ1v) is 5.78. The van der Waals surface area contributed by atoms with Crippen LogP contribution in [0.5, 0.6) is 0 Å². The zero-order chi connectivity index (χ0) is 13.5. The molecule has 4 nitrogen and oxygen atoms in total. The van der Waals surface area contributed by atoms with Crippen molar-refractivity contribution in [3.05, 3.63) is 41.0 Å². The Morgan fingerprint density at radius 3 is 2.53 bits per heavy atom. The Morgan fingerprint density at radius 2 is 2.00 bits per heavy atom. The van der Waals surface area contributed by atoms with Gasteiger partial charge in [0, 0.05) is 24.9 Å². The number of aryl methyl sites for hydroxylation is 2. The fourth-order valence-electron chi connectivity index (χ4n) is 1.95. The summed E-state index contributed by atoms with van der Waals surface area (Å²) in [6.07, 6.45) is 0.392. The molecular weight excluding hydrogens is 333 g/mol. The summed E-state index contributed by atoms with van der Waals surface area (Å²) in [5, 5.41) is 13.3. The third-order valence-electron chi connectivity index (χ3n) is 3.66. The first kappa shape index (κ1) is 15.8. The van der Waals surface area contributed by atoms with Crippen molar-refractivity contribution in [2.45, 2.75) is 27.7 Å². The van der Waals surface area contributed by atoms with Crippen LogP contribution in [0.4, 0.5) is 0 Å². The molecule has 0 amide bonds. The molecule has 0 saturated carbocycles. The third kappa shape index (κ3) is 2.44. The quantitative estimate of drug-likeness (QED) is 0.660. The first-order valence-electron chi connectivity index (χ1n) is 5.78. The van der Waals surface area contributed by atoms with Crippen LogP contribution in [-0.2, 0) is 29.1 Å². The van der Waals surface area contributed by atoms with Gasteiger partial charge in [0.2, 0.25) is 0 Å². The van der Waals surface area contributed by atoms with Crippen LogP contribution in [0, 0.1) is 25.4 Å². The minimum Gasteiger partial charge on any atom is -0.562 e. The number of hydrogen-bond acceptors (Lipinski definition) is 3. The maximum Gasteiger partial charge on any atom is 0.288 e. The van der Waals surface area contributed by atoms with E-state index in [1.807, 2.05) is 32.0 Å². The molecule has 1 radical (unpaired) electrons. The number of benzene rings is 1. The number of hydrogen-bond donors (Lipinski definition) is 1. The summed E-state index contributed by atoms with van der Waals surface area (Å²) >= 11 is 0. The average molecular weight is 349 g/mol. The van der Waals surface area contributed by atoms with Crippen molar-refractivity contribution >= 4 is 11.7 Å². The Morgan fingerprint density at radius 1 is 1.37 bits per heavy atom. The summed E-state index contributed by atoms with van der Waals surface area (Å²) in [7, 11) is 0. The maximum atomic E-state index is 11.5. The van der Waals surface area contributed by atoms with Crippen molar-refractivity contribution in [3.63, 3.8) is 0 Å². The number of aliphatic carboxylic acids is 1. The number of carbonyl (C=O) groups is 1. The van der Waals surface area contributed by atoms with Crippen molar-refractivity contribution in [1.29, 1.82) is 0 Å². The Balaban J connectivity index is 0.00000180. The van der Waals surface area contributed by atoms with E-state index in [2.05, 4.69) is 5.16 Å². The van der Waals surface area contributed by atoms with E-state index < -0.39 is 11.4 Å². The molecule has 1 aromatic carbocycles. The van der Waals surface area contributed by atoms with Crippen LogP contribution in [-0.4, -0.2) is 16.8 Å². The summed E-state index contributed by atoms with van der Waals surface area (Å²) in [5.41, 5.74) is 2.33. The van der Waals surface area contributed by atoms with Crippen molar-refractivity contribution < 1.29 is 34.2 Å². The molecule has 0 aromatic heterocycles. The Kier molecular flexibility index (Phi) is 4.52. The topological polar surface area (TPSA) is 58.9 Å². The van der Waals surface area contributed by atoms with E-state index in [4.69, 9.17) is 4.84 Å². The van der Waals surface area contributed by atoms with Crippen molar-refractivity contribution in [2.24, 2.45) is 10.6 Å². The third-order valence-corrected chi connectivity index (χ3v) is 3.66. The molecule has 0 spiro atoms. The number of oxime groups is 1. The van der Waals surface area contributed by atoms with Gasteiger partial charge in [0.15, 0.2) is 0 Å². The van der Waals surface area contributed by atoms with Crippen molar-refractivity contribution in [3.8, 4) is 0 Å². The number of nitrogens with zero attached hydrogens (tertiary/aromatic N) is 1. The molecule has 1 aliphatic rings. The summed E-state index contributed by atoms with van der Waals surface area (Å²) < 4.78 is 0. The predicted octanol–water partition coefficient (Wildman–Crippen LogP) is 2.68. The number of carboxylic acid groups (broad SMARTS) is 1. The van der Waals surface area contributed by atoms with Gasteiger partial charge < -0.3 is 9.94 Å². The zero-order valence-corrected chi connectivity index (χ0v) is 12.9. The second-order valence-electron chi connectivity index (χ2n) is 4.82. The number of carboxylic acids is 1. The molecule has 1 aliphatic heterocycles. The van der Waals surface area contributed by atoms with E-state index >= 15 is 0 Å². The van der Waals surface area contributed by atoms with Gasteiger partial charge in [-0.25, -0.2) is 0 Å². The van der Waals surface area contributed by atoms with Crippen LogP contribution in [0.3, 0.4) is 0 Å². The minimum absolute atomic E-state index is 0. The molecule has 1 unspecified atom stereocenters. The second kappa shape index (κ2) is 5.42. The molecule has 5 heteroatoms. The van der Waals surface area contributed by atoms with Crippen LogP contribution in [0.15, 0.2) is 23.4 Å². The monoisotopic (exact) mass is 349 g/mol. The van der Waals surface area contributed by atoms with E-state index in [0.717, 1.165) is 16.7 Å². The standard InChI is InChI=1S/C14H16NO3.Rh/c1-8-5-6-11(7-9(8)2)12-14(4,13(16)17)10(3)18-15-12;/h5-7H,1-4H3,(H,16,17);/q-1;. The molecular formula is C14H16NO3Rh-. The molecule has 0 aliphatic carbocycles. The van der Waals surface area contributed by atoms with Crippen molar-refractivity contribution in [2.75, 3.05) is 0 Å². The van der Waals surface area contributed by atoms with Crippen LogP contribution in [0.25, 0.3) is 0 Å². The molecule has 105 valence electrons. The summed E-state index contributed by atoms with van der Waals surface area (Å²) in [6, 6.07) is 5.78. The summed E-state index contributed by atoms with van der Waals surface area (Å²) in [4.78, 5) is 16.6. The van der Waals surface area contributed by atoms with Gasteiger partial charge in [-0.05, 0) is 36.6 Å². The SMILES string of the molecule is Cc1ccc(C2=NO[C-](C)C2(C)C(=O)O)cc1C.[Rh]. The average Bonchev–Trinajstić information content (AvgIpc) is 2.61. The van der Waals surface area contributed by atoms with E-state index in [-0.39, 0.29) is 19.5 Å². The van der Waals surface area contributed by atoms with Crippen molar-refractivity contribution in [1.82, 2.24) is 0 Å². The molecule has 1 N–H and O–H groups in total. The molecule has 19 heavy (non-hydrogen) atoms. The van der Waals surface area contributed by atoms with Gasteiger partial charge in [-0.15, -0.1) is 5.16 Å². The van der Waals surface area contributed by atoms with Gasteiger partial charge in [0.05, 0.1) is 5.71 Å². The van der Waals surface area contributed by atoms with Crippen LogP contribution in [0.2, 0.25) is 0 Å². The zero-order valence-electron chi connectivity index (χ0n) is 11.3. The fourth-order valence-corrected chi connectivity index (χ4v) is 1.95. The van der Waals surface area contributed by atoms with Gasteiger partial charge in [-0.2, -0.15) is 6.92 Å². The summed E-state index contributed by atoms with van der Waals surface area (Å²) in [5.74, 6) is -0.950. The smallest absolute Gasteiger partial charge is 0.288 e. The van der Waals surface area contributed by atoms with Crippen LogP contribution >= 0.6 is 0 Å². The van der Waals surface area contributed by atoms with E-state index in [0.29, 0.717) is 11.8 Å². The van der Waals surface area contributed by atoms with Gasteiger partial charge in [0.25, 0.3) is 5.97 Å². The molecule has 0 saturated heterocycles. The Hall–Kier alpha value is -1.22. The van der Waals surface area contributed by atoms with Crippen LogP contribution < -0.4 is 0 Å². The van der Waals surface area contributed by atoms with E-state index in [1.165, 1.54) is 0 Å². The normalized spacial score (nSPS) is 22.4. The van der Waals surface area contributed by atoms with Gasteiger partial charge in [-0.1, -0.05) is 25.2 Å². The molecule has 0 bridgehead atoms. The summed E-state index contributed by atoms with van der Waals surface area (Å²) in [6.45, 7) is 7.26. The van der Waals surface area contributed by atoms with Gasteiger partial charge in [0.1, 0.15) is 0 Å². The minimum atomic E-state index is -1.18. The predicted molar refractivity (Wildman–Crippen MR) is 68.2 cm³/mol. The number of rotatable bonds is 2. The molecule has 0 fully saturated rings. The van der Waals surface area contributed by atoms with E-state index in [9.17, 15) is 9.90 Å². The second-order valence-corrected chi connectivity index (χ2v) is 4.82. The molecule has 1 atom stereocenters. The Labute approximate surface area is 125 Å².